The van der Waals surface area contributed by atoms with Gasteiger partial charge in [-0.2, -0.15) is 0 Å². The predicted octanol–water partition coefficient (Wildman–Crippen LogP) is 4.59. The molecular weight excluding hydrogens is 258 g/mol. The number of carbonyl (C=O) groups excluding carboxylic acids is 1. The zero-order chi connectivity index (χ0) is 15.0. The fourth-order valence-corrected chi connectivity index (χ4v) is 3.21. The summed E-state index contributed by atoms with van der Waals surface area (Å²) >= 11 is 0. The molecular formula is C19H19NO. The largest absolute Gasteiger partial charge is 0.280 e. The summed E-state index contributed by atoms with van der Waals surface area (Å²) in [6, 6.07) is 17.9. The highest BCUT2D eigenvalue weighted by molar-refractivity contribution is 6.12. The zero-order valence-corrected chi connectivity index (χ0v) is 12.5. The minimum Gasteiger partial charge on any atom is -0.280 e. The third kappa shape index (κ3) is 2.07. The Morgan fingerprint density at radius 2 is 1.71 bits per heavy atom. The molecule has 0 saturated heterocycles. The van der Waals surface area contributed by atoms with E-state index >= 15 is 0 Å². The second kappa shape index (κ2) is 4.88. The highest BCUT2D eigenvalue weighted by Crippen LogP contribution is 2.47. The zero-order valence-electron chi connectivity index (χ0n) is 12.5. The van der Waals surface area contributed by atoms with Gasteiger partial charge < -0.3 is 0 Å². The number of hydrogen-bond donors (Lipinski definition) is 0. The van der Waals surface area contributed by atoms with Crippen molar-refractivity contribution in [1.29, 1.82) is 0 Å². The van der Waals surface area contributed by atoms with E-state index in [0.29, 0.717) is 6.42 Å². The number of carbonyl (C=O) groups is 1. The highest BCUT2D eigenvalue weighted by Gasteiger charge is 2.47. The normalized spacial score (nSPS) is 20.5. The molecule has 0 aliphatic carbocycles. The number of benzene rings is 2. The van der Waals surface area contributed by atoms with E-state index in [1.807, 2.05) is 67.3 Å². The van der Waals surface area contributed by atoms with Gasteiger partial charge in [0, 0.05) is 5.69 Å². The minimum absolute atomic E-state index is 0.123. The van der Waals surface area contributed by atoms with Gasteiger partial charge in [0.25, 0.3) is 0 Å². The Labute approximate surface area is 125 Å². The summed E-state index contributed by atoms with van der Waals surface area (Å²) in [5.74, 6) is 0.123. The monoisotopic (exact) mass is 277 g/mol. The Hall–Kier alpha value is -2.35. The first-order valence-electron chi connectivity index (χ1n) is 7.17. The molecule has 21 heavy (non-hydrogen) atoms. The summed E-state index contributed by atoms with van der Waals surface area (Å²) < 4.78 is 0. The van der Waals surface area contributed by atoms with Crippen molar-refractivity contribution in [3.05, 3.63) is 72.3 Å². The fraction of sp³-hybridized carbons (Fsp3) is 0.211. The molecule has 0 radical (unpaired) electrons. The quantitative estimate of drug-likeness (QED) is 0.751. The Balaban J connectivity index is 2.17. The molecule has 2 heteroatoms. The van der Waals surface area contributed by atoms with Crippen molar-refractivity contribution < 1.29 is 4.79 Å². The molecule has 2 aromatic carbocycles. The van der Waals surface area contributed by atoms with Crippen molar-refractivity contribution in [3.63, 3.8) is 0 Å². The second-order valence-corrected chi connectivity index (χ2v) is 5.96. The van der Waals surface area contributed by atoms with E-state index in [4.69, 9.17) is 0 Å². The maximum atomic E-state index is 13.1. The summed E-state index contributed by atoms with van der Waals surface area (Å²) in [5.41, 5.74) is 3.48. The molecule has 2 aromatic rings. The van der Waals surface area contributed by atoms with Crippen LogP contribution in [0.1, 0.15) is 25.8 Å². The van der Waals surface area contributed by atoms with Crippen molar-refractivity contribution >= 4 is 17.3 Å². The van der Waals surface area contributed by atoms with E-state index in [1.54, 1.807) is 0 Å². The number of fused-ring (bicyclic) bond motifs is 1. The van der Waals surface area contributed by atoms with Gasteiger partial charge in [0.1, 0.15) is 0 Å². The molecule has 0 bridgehead atoms. The average Bonchev–Trinajstić information content (AvgIpc) is 2.68. The van der Waals surface area contributed by atoms with Crippen LogP contribution in [-0.2, 0) is 10.2 Å². The maximum absolute atomic E-state index is 13.1. The molecule has 1 amide bonds. The SMILES string of the molecule is C=C(C)C[C@@]1(C)C(=O)N(c2ccccc2)c2ccccc21. The number of allylic oxidation sites excluding steroid dienone is 1. The van der Waals surface area contributed by atoms with E-state index in [1.165, 1.54) is 0 Å². The second-order valence-electron chi connectivity index (χ2n) is 5.96. The molecule has 1 aliphatic rings. The highest BCUT2D eigenvalue weighted by atomic mass is 16.2. The molecule has 1 atom stereocenters. The van der Waals surface area contributed by atoms with Crippen molar-refractivity contribution in [2.24, 2.45) is 0 Å². The molecule has 3 rings (SSSR count). The lowest BCUT2D eigenvalue weighted by Crippen LogP contribution is -2.36. The van der Waals surface area contributed by atoms with E-state index in [-0.39, 0.29) is 5.91 Å². The molecule has 0 saturated carbocycles. The molecule has 0 unspecified atom stereocenters. The lowest BCUT2D eigenvalue weighted by atomic mass is 9.79. The number of amides is 1. The predicted molar refractivity (Wildman–Crippen MR) is 86.8 cm³/mol. The van der Waals surface area contributed by atoms with Crippen LogP contribution < -0.4 is 4.90 Å². The van der Waals surface area contributed by atoms with Gasteiger partial charge in [0.15, 0.2) is 0 Å². The number of nitrogens with zero attached hydrogens (tertiary/aromatic N) is 1. The topological polar surface area (TPSA) is 20.3 Å². The standard InChI is InChI=1S/C19H19NO/c1-14(2)13-19(3)16-11-7-8-12-17(16)20(18(19)21)15-9-5-4-6-10-15/h4-12H,1,13H2,2-3H3/t19-/m1/s1. The maximum Gasteiger partial charge on any atom is 0.242 e. The lowest BCUT2D eigenvalue weighted by molar-refractivity contribution is -0.121. The van der Waals surface area contributed by atoms with Crippen LogP contribution in [0.2, 0.25) is 0 Å². The van der Waals surface area contributed by atoms with Crippen molar-refractivity contribution in [2.45, 2.75) is 25.7 Å². The van der Waals surface area contributed by atoms with Crippen LogP contribution in [0.4, 0.5) is 11.4 Å². The van der Waals surface area contributed by atoms with Gasteiger partial charge in [-0.05, 0) is 44.0 Å². The van der Waals surface area contributed by atoms with Crippen LogP contribution in [0.25, 0.3) is 0 Å². The Kier molecular flexibility index (Phi) is 3.17. The molecule has 1 heterocycles. The molecule has 1 aliphatic heterocycles. The van der Waals surface area contributed by atoms with Crippen molar-refractivity contribution in [1.82, 2.24) is 0 Å². The Bertz CT molecular complexity index is 705. The molecule has 106 valence electrons. The first-order valence-corrected chi connectivity index (χ1v) is 7.17. The van der Waals surface area contributed by atoms with Gasteiger partial charge in [0.2, 0.25) is 5.91 Å². The number of hydrogen-bond acceptors (Lipinski definition) is 1. The lowest BCUT2D eigenvalue weighted by Gasteiger charge is -2.24. The third-order valence-corrected chi connectivity index (χ3v) is 4.08. The molecule has 2 nitrogen and oxygen atoms in total. The molecule has 0 aromatic heterocycles. The molecule has 0 spiro atoms. The average molecular weight is 277 g/mol. The van der Waals surface area contributed by atoms with Gasteiger partial charge in [-0.3, -0.25) is 9.69 Å². The van der Waals surface area contributed by atoms with Crippen LogP contribution in [0.3, 0.4) is 0 Å². The first kappa shape index (κ1) is 13.6. The van der Waals surface area contributed by atoms with Crippen molar-refractivity contribution in [3.8, 4) is 0 Å². The summed E-state index contributed by atoms with van der Waals surface area (Å²) in [7, 11) is 0. The summed E-state index contributed by atoms with van der Waals surface area (Å²) in [5, 5.41) is 0. The van der Waals surface area contributed by atoms with E-state index in [2.05, 4.69) is 12.6 Å². The summed E-state index contributed by atoms with van der Waals surface area (Å²) in [6.45, 7) is 8.00. The Morgan fingerprint density at radius 1 is 1.10 bits per heavy atom. The number of anilines is 2. The smallest absolute Gasteiger partial charge is 0.242 e. The van der Waals surface area contributed by atoms with Crippen molar-refractivity contribution in [2.75, 3.05) is 4.90 Å². The van der Waals surface area contributed by atoms with Gasteiger partial charge in [-0.25, -0.2) is 0 Å². The Morgan fingerprint density at radius 3 is 2.38 bits per heavy atom. The van der Waals surface area contributed by atoms with Gasteiger partial charge >= 0.3 is 0 Å². The summed E-state index contributed by atoms with van der Waals surface area (Å²) in [6.07, 6.45) is 0.673. The third-order valence-electron chi connectivity index (χ3n) is 4.08. The van der Waals surface area contributed by atoms with Crippen LogP contribution in [0.5, 0.6) is 0 Å². The van der Waals surface area contributed by atoms with Gasteiger partial charge in [-0.1, -0.05) is 42.0 Å². The van der Waals surface area contributed by atoms with Crippen LogP contribution in [0, 0.1) is 0 Å². The minimum atomic E-state index is -0.529. The van der Waals surface area contributed by atoms with E-state index in [0.717, 1.165) is 22.5 Å². The van der Waals surface area contributed by atoms with Crippen LogP contribution in [0.15, 0.2) is 66.7 Å². The summed E-state index contributed by atoms with van der Waals surface area (Å²) in [4.78, 5) is 14.9. The van der Waals surface area contributed by atoms with Gasteiger partial charge in [-0.15, -0.1) is 6.58 Å². The number of para-hydroxylation sites is 2. The number of rotatable bonds is 3. The molecule has 0 N–H and O–H groups in total. The van der Waals surface area contributed by atoms with Crippen LogP contribution in [-0.4, -0.2) is 5.91 Å². The fourth-order valence-electron chi connectivity index (χ4n) is 3.21. The first-order chi connectivity index (χ1) is 10.0. The van der Waals surface area contributed by atoms with Crippen LogP contribution >= 0.6 is 0 Å². The van der Waals surface area contributed by atoms with Gasteiger partial charge in [0.05, 0.1) is 11.1 Å². The van der Waals surface area contributed by atoms with E-state index < -0.39 is 5.41 Å². The molecule has 0 fully saturated rings. The van der Waals surface area contributed by atoms with E-state index in [9.17, 15) is 4.79 Å².